The Labute approximate surface area is 108 Å². The number of nitrogens with one attached hydrogen (secondary N) is 2. The number of halogens is 2. The molecule has 6 heteroatoms. The molecule has 0 saturated carbocycles. The maximum absolute atomic E-state index is 13.4. The molecule has 100 valence electrons. The highest BCUT2D eigenvalue weighted by Gasteiger charge is 2.18. The summed E-state index contributed by atoms with van der Waals surface area (Å²) in [5.74, 6) is -2.23. The van der Waals surface area contributed by atoms with Crippen molar-refractivity contribution in [3.05, 3.63) is 47.2 Å². The number of aromatic nitrogens is 2. The van der Waals surface area contributed by atoms with Crippen LogP contribution in [0.5, 0.6) is 0 Å². The van der Waals surface area contributed by atoms with Gasteiger partial charge in [0.15, 0.2) is 5.82 Å². The van der Waals surface area contributed by atoms with Crippen LogP contribution in [0.1, 0.15) is 35.8 Å². The summed E-state index contributed by atoms with van der Waals surface area (Å²) in [6, 6.07) is 4.89. The molecule has 1 aromatic carbocycles. The van der Waals surface area contributed by atoms with Crippen LogP contribution in [0, 0.1) is 11.6 Å². The molecule has 0 spiro atoms. The summed E-state index contributed by atoms with van der Waals surface area (Å²) in [5, 5.41) is 8.95. The number of nitrogens with zero attached hydrogens (tertiary/aromatic N) is 1. The van der Waals surface area contributed by atoms with Crippen LogP contribution in [0.15, 0.2) is 24.3 Å². The summed E-state index contributed by atoms with van der Waals surface area (Å²) in [5.41, 5.74) is 0.209. The van der Waals surface area contributed by atoms with E-state index in [1.807, 2.05) is 13.8 Å². The van der Waals surface area contributed by atoms with Gasteiger partial charge in [-0.1, -0.05) is 19.9 Å². The number of hydrogen-bond donors (Lipinski definition) is 2. The second kappa shape index (κ2) is 5.17. The Hall–Kier alpha value is -2.24. The average molecular weight is 265 g/mol. The quantitative estimate of drug-likeness (QED) is 0.896. The van der Waals surface area contributed by atoms with Crippen LogP contribution in [0.4, 0.5) is 14.6 Å². The molecule has 2 N–H and O–H groups in total. The summed E-state index contributed by atoms with van der Waals surface area (Å²) in [6.07, 6.45) is 0. The Kier molecular flexibility index (Phi) is 3.59. The van der Waals surface area contributed by atoms with Crippen LogP contribution >= 0.6 is 0 Å². The molecule has 0 bridgehead atoms. The summed E-state index contributed by atoms with van der Waals surface area (Å²) in [6.45, 7) is 3.91. The third kappa shape index (κ3) is 2.78. The predicted molar refractivity (Wildman–Crippen MR) is 67.0 cm³/mol. The molecule has 0 radical (unpaired) electrons. The second-order valence-corrected chi connectivity index (χ2v) is 4.41. The number of aromatic amines is 1. The van der Waals surface area contributed by atoms with Gasteiger partial charge in [0.05, 0.1) is 0 Å². The van der Waals surface area contributed by atoms with Crippen molar-refractivity contribution >= 4 is 11.7 Å². The molecule has 0 fully saturated rings. The summed E-state index contributed by atoms with van der Waals surface area (Å²) in [4.78, 5) is 11.8. The Morgan fingerprint density at radius 1 is 1.32 bits per heavy atom. The lowest BCUT2D eigenvalue weighted by Gasteiger charge is -2.04. The third-order valence-corrected chi connectivity index (χ3v) is 2.65. The highest BCUT2D eigenvalue weighted by molar-refractivity contribution is 6.04. The first-order chi connectivity index (χ1) is 8.99. The van der Waals surface area contributed by atoms with Crippen molar-refractivity contribution in [2.75, 3.05) is 5.32 Å². The number of benzene rings is 1. The summed E-state index contributed by atoms with van der Waals surface area (Å²) in [7, 11) is 0. The normalized spacial score (nSPS) is 10.8. The molecule has 1 amide bonds. The van der Waals surface area contributed by atoms with E-state index in [1.165, 1.54) is 6.07 Å². The van der Waals surface area contributed by atoms with E-state index in [9.17, 15) is 13.6 Å². The first-order valence-electron chi connectivity index (χ1n) is 5.79. The smallest absolute Gasteiger partial charge is 0.262 e. The molecule has 4 nitrogen and oxygen atoms in total. The number of carbonyl (C=O) groups excluding carboxylic acids is 1. The molecule has 0 aliphatic heterocycles. The van der Waals surface area contributed by atoms with Gasteiger partial charge in [-0.25, -0.2) is 8.78 Å². The number of amides is 1. The van der Waals surface area contributed by atoms with E-state index >= 15 is 0 Å². The zero-order valence-corrected chi connectivity index (χ0v) is 10.5. The van der Waals surface area contributed by atoms with E-state index in [2.05, 4.69) is 15.5 Å². The van der Waals surface area contributed by atoms with Crippen LogP contribution in [0.2, 0.25) is 0 Å². The Morgan fingerprint density at radius 2 is 1.95 bits per heavy atom. The minimum Gasteiger partial charge on any atom is -0.305 e. The standard InChI is InChI=1S/C13H13F2N3O/c1-7(2)10-6-11(18-17-10)16-13(19)12-8(14)4-3-5-9(12)15/h3-7H,1-2H3,(H2,16,17,18,19). The molecule has 0 aliphatic carbocycles. The van der Waals surface area contributed by atoms with Gasteiger partial charge in [0.1, 0.15) is 17.2 Å². The van der Waals surface area contributed by atoms with Gasteiger partial charge in [-0.2, -0.15) is 5.10 Å². The highest BCUT2D eigenvalue weighted by atomic mass is 19.1. The number of carbonyl (C=O) groups is 1. The summed E-state index contributed by atoms with van der Waals surface area (Å²) < 4.78 is 26.8. The number of rotatable bonds is 3. The van der Waals surface area contributed by atoms with Gasteiger partial charge in [-0.15, -0.1) is 0 Å². The third-order valence-electron chi connectivity index (χ3n) is 2.65. The van der Waals surface area contributed by atoms with E-state index in [4.69, 9.17) is 0 Å². The number of anilines is 1. The Morgan fingerprint density at radius 3 is 2.47 bits per heavy atom. The van der Waals surface area contributed by atoms with Crippen molar-refractivity contribution in [1.29, 1.82) is 0 Å². The largest absolute Gasteiger partial charge is 0.305 e. The van der Waals surface area contributed by atoms with Crippen molar-refractivity contribution in [3.8, 4) is 0 Å². The van der Waals surface area contributed by atoms with Crippen LogP contribution < -0.4 is 5.32 Å². The van der Waals surface area contributed by atoms with Gasteiger partial charge in [0.2, 0.25) is 0 Å². The van der Waals surface area contributed by atoms with Crippen molar-refractivity contribution < 1.29 is 13.6 Å². The lowest BCUT2D eigenvalue weighted by Crippen LogP contribution is -2.16. The lowest BCUT2D eigenvalue weighted by atomic mass is 10.1. The van der Waals surface area contributed by atoms with Gasteiger partial charge in [0, 0.05) is 11.8 Å². The first kappa shape index (κ1) is 13.2. The number of hydrogen-bond acceptors (Lipinski definition) is 2. The molecule has 1 heterocycles. The monoisotopic (exact) mass is 265 g/mol. The molecular weight excluding hydrogens is 252 g/mol. The predicted octanol–water partition coefficient (Wildman–Crippen LogP) is 3.06. The van der Waals surface area contributed by atoms with Crippen LogP contribution in [0.25, 0.3) is 0 Å². The van der Waals surface area contributed by atoms with Gasteiger partial charge in [-0.05, 0) is 18.1 Å². The SMILES string of the molecule is CC(C)c1cc(NC(=O)c2c(F)cccc2F)n[nH]1. The zero-order valence-electron chi connectivity index (χ0n) is 10.5. The molecule has 0 saturated heterocycles. The molecular formula is C13H13F2N3O. The fraction of sp³-hybridized carbons (Fsp3) is 0.231. The molecule has 0 unspecified atom stereocenters. The molecule has 0 atom stereocenters. The fourth-order valence-electron chi connectivity index (χ4n) is 1.59. The van der Waals surface area contributed by atoms with E-state index in [0.29, 0.717) is 0 Å². The molecule has 19 heavy (non-hydrogen) atoms. The average Bonchev–Trinajstić information content (AvgIpc) is 2.77. The van der Waals surface area contributed by atoms with Gasteiger partial charge < -0.3 is 5.32 Å². The number of H-pyrrole nitrogens is 1. The van der Waals surface area contributed by atoms with Crippen molar-refractivity contribution in [2.45, 2.75) is 19.8 Å². The van der Waals surface area contributed by atoms with Crippen molar-refractivity contribution in [3.63, 3.8) is 0 Å². The van der Waals surface area contributed by atoms with E-state index in [1.54, 1.807) is 6.07 Å². The second-order valence-electron chi connectivity index (χ2n) is 4.41. The first-order valence-corrected chi connectivity index (χ1v) is 5.79. The lowest BCUT2D eigenvalue weighted by molar-refractivity contribution is 0.101. The van der Waals surface area contributed by atoms with Crippen molar-refractivity contribution in [1.82, 2.24) is 10.2 Å². The molecule has 2 rings (SSSR count). The van der Waals surface area contributed by atoms with Crippen molar-refractivity contribution in [2.24, 2.45) is 0 Å². The van der Waals surface area contributed by atoms with Crippen LogP contribution in [0.3, 0.4) is 0 Å². The molecule has 2 aromatic rings. The minimum absolute atomic E-state index is 0.211. The summed E-state index contributed by atoms with van der Waals surface area (Å²) >= 11 is 0. The van der Waals surface area contributed by atoms with E-state index in [-0.39, 0.29) is 11.7 Å². The topological polar surface area (TPSA) is 57.8 Å². The van der Waals surface area contributed by atoms with E-state index < -0.39 is 23.1 Å². The van der Waals surface area contributed by atoms with Crippen LogP contribution in [-0.4, -0.2) is 16.1 Å². The fourth-order valence-corrected chi connectivity index (χ4v) is 1.59. The van der Waals surface area contributed by atoms with Gasteiger partial charge >= 0.3 is 0 Å². The Balaban J connectivity index is 2.21. The molecule has 0 aliphatic rings. The Bertz CT molecular complexity index is 587. The van der Waals surface area contributed by atoms with Crippen LogP contribution in [-0.2, 0) is 0 Å². The molecule has 1 aromatic heterocycles. The van der Waals surface area contributed by atoms with E-state index in [0.717, 1.165) is 17.8 Å². The minimum atomic E-state index is -0.905. The zero-order chi connectivity index (χ0) is 14.0. The maximum Gasteiger partial charge on any atom is 0.262 e. The highest BCUT2D eigenvalue weighted by Crippen LogP contribution is 2.17. The maximum atomic E-state index is 13.4. The van der Waals surface area contributed by atoms with Gasteiger partial charge in [0.25, 0.3) is 5.91 Å². The van der Waals surface area contributed by atoms with Gasteiger partial charge in [-0.3, -0.25) is 9.89 Å².